The molecule has 0 atom stereocenters. The summed E-state index contributed by atoms with van der Waals surface area (Å²) in [6.45, 7) is 0.343. The molecular formula is C36H32N4O4S. The summed E-state index contributed by atoms with van der Waals surface area (Å²) >= 11 is 1.57. The molecule has 1 amide bonds. The van der Waals surface area contributed by atoms with Crippen molar-refractivity contribution >= 4 is 39.1 Å². The van der Waals surface area contributed by atoms with E-state index in [1.807, 2.05) is 114 Å². The second-order valence-electron chi connectivity index (χ2n) is 10.2. The summed E-state index contributed by atoms with van der Waals surface area (Å²) in [5, 5.41) is 8.82. The highest BCUT2D eigenvalue weighted by atomic mass is 32.1. The van der Waals surface area contributed by atoms with Crippen molar-refractivity contribution in [3.05, 3.63) is 119 Å². The average molecular weight is 617 g/mol. The molecule has 0 aliphatic rings. The number of nitrogens with zero attached hydrogens (tertiary/aromatic N) is 3. The second kappa shape index (κ2) is 13.5. The number of hydrogen-bond acceptors (Lipinski definition) is 7. The first-order chi connectivity index (χ1) is 22.0. The van der Waals surface area contributed by atoms with Crippen LogP contribution in [0.25, 0.3) is 38.8 Å². The molecule has 8 nitrogen and oxygen atoms in total. The molecule has 6 rings (SSSR count). The molecule has 0 saturated carbocycles. The van der Waals surface area contributed by atoms with Gasteiger partial charge >= 0.3 is 0 Å². The zero-order valence-corrected chi connectivity index (χ0v) is 26.0. The molecule has 6 aromatic rings. The minimum atomic E-state index is -0.128. The molecule has 2 aromatic heterocycles. The van der Waals surface area contributed by atoms with Gasteiger partial charge in [-0.05, 0) is 77.9 Å². The molecule has 0 spiro atoms. The molecule has 0 bridgehead atoms. The summed E-state index contributed by atoms with van der Waals surface area (Å²) in [6.07, 6.45) is 4.15. The van der Waals surface area contributed by atoms with Gasteiger partial charge in [-0.1, -0.05) is 36.4 Å². The summed E-state index contributed by atoms with van der Waals surface area (Å²) in [6, 6.07) is 31.4. The van der Waals surface area contributed by atoms with Crippen LogP contribution in [-0.4, -0.2) is 42.0 Å². The minimum absolute atomic E-state index is 0.128. The molecule has 4 aromatic carbocycles. The molecule has 0 fully saturated rings. The molecule has 2 heterocycles. The largest absolute Gasteiger partial charge is 0.497 e. The fourth-order valence-corrected chi connectivity index (χ4v) is 5.97. The summed E-state index contributed by atoms with van der Waals surface area (Å²) in [7, 11) is 4.84. The summed E-state index contributed by atoms with van der Waals surface area (Å²) in [5.74, 6) is 1.88. The lowest BCUT2D eigenvalue weighted by Gasteiger charge is -2.11. The normalized spacial score (nSPS) is 11.4. The van der Waals surface area contributed by atoms with E-state index < -0.39 is 0 Å². The lowest BCUT2D eigenvalue weighted by atomic mass is 10.0. The van der Waals surface area contributed by atoms with Crippen molar-refractivity contribution in [3.8, 4) is 34.2 Å². The number of hydrogen-bond donors (Lipinski definition) is 1. The summed E-state index contributed by atoms with van der Waals surface area (Å²) < 4.78 is 19.1. The second-order valence-corrected chi connectivity index (χ2v) is 11.3. The molecular weight excluding hydrogens is 584 g/mol. The Morgan fingerprint density at radius 2 is 1.62 bits per heavy atom. The number of rotatable bonds is 11. The number of carbonyl (C=O) groups excluding carboxylic acids is 1. The molecule has 0 unspecified atom stereocenters. The predicted octanol–water partition coefficient (Wildman–Crippen LogP) is 7.42. The van der Waals surface area contributed by atoms with E-state index in [2.05, 4.69) is 5.32 Å². The first kappa shape index (κ1) is 29.7. The predicted molar refractivity (Wildman–Crippen MR) is 179 cm³/mol. The first-order valence-electron chi connectivity index (χ1n) is 14.4. The van der Waals surface area contributed by atoms with Gasteiger partial charge in [0, 0.05) is 23.9 Å². The Hall–Kier alpha value is -5.41. The molecule has 0 saturated heterocycles. The maximum absolute atomic E-state index is 13.5. The Kier molecular flexibility index (Phi) is 8.89. The van der Waals surface area contributed by atoms with Crippen LogP contribution in [0.15, 0.2) is 103 Å². The van der Waals surface area contributed by atoms with Crippen LogP contribution < -0.4 is 19.5 Å². The first-order valence-corrected chi connectivity index (χ1v) is 15.2. The zero-order valence-electron chi connectivity index (χ0n) is 25.2. The van der Waals surface area contributed by atoms with Gasteiger partial charge in [0.25, 0.3) is 0 Å². The van der Waals surface area contributed by atoms with E-state index in [1.54, 1.807) is 32.7 Å². The van der Waals surface area contributed by atoms with Crippen molar-refractivity contribution in [2.75, 3.05) is 21.3 Å². The van der Waals surface area contributed by atoms with Crippen molar-refractivity contribution in [1.29, 1.82) is 0 Å². The van der Waals surface area contributed by atoms with Crippen LogP contribution in [-0.2, 0) is 11.3 Å². The highest BCUT2D eigenvalue weighted by Gasteiger charge is 2.18. The summed E-state index contributed by atoms with van der Waals surface area (Å²) in [5.41, 5.74) is 6.10. The van der Waals surface area contributed by atoms with Gasteiger partial charge in [0.2, 0.25) is 5.91 Å². The van der Waals surface area contributed by atoms with Crippen molar-refractivity contribution in [3.63, 3.8) is 0 Å². The van der Waals surface area contributed by atoms with Crippen LogP contribution in [0.3, 0.4) is 0 Å². The van der Waals surface area contributed by atoms with E-state index in [0.717, 1.165) is 54.6 Å². The molecule has 0 aliphatic carbocycles. The van der Waals surface area contributed by atoms with Crippen LogP contribution in [0.4, 0.5) is 0 Å². The molecule has 1 N–H and O–H groups in total. The third kappa shape index (κ3) is 6.73. The number of fused-ring (bicyclic) bond motifs is 1. The monoisotopic (exact) mass is 616 g/mol. The molecule has 45 heavy (non-hydrogen) atoms. The Morgan fingerprint density at radius 1 is 0.867 bits per heavy atom. The Bertz CT molecular complexity index is 1930. The van der Waals surface area contributed by atoms with Crippen molar-refractivity contribution < 1.29 is 19.0 Å². The van der Waals surface area contributed by atoms with Gasteiger partial charge in [0.05, 0.1) is 49.3 Å². The van der Waals surface area contributed by atoms with E-state index in [1.165, 1.54) is 0 Å². The zero-order chi connectivity index (χ0) is 31.2. The quantitative estimate of drug-likeness (QED) is 0.163. The van der Waals surface area contributed by atoms with Gasteiger partial charge in [-0.15, -0.1) is 11.3 Å². The number of benzene rings is 4. The number of para-hydroxylation sites is 2. The fraction of sp³-hybridized carbons (Fsp3) is 0.139. The van der Waals surface area contributed by atoms with Gasteiger partial charge in [0.15, 0.2) is 11.5 Å². The van der Waals surface area contributed by atoms with Crippen LogP contribution in [0.5, 0.6) is 17.2 Å². The average Bonchev–Trinajstić information content (AvgIpc) is 3.72. The standard InChI is InChI=1S/C36H32N4O4S/c1-42-29-16-14-25(15-17-29)35-27(23-40(39-35)28-9-5-4-6-10-28)20-26(36-38-30-11-7-8-12-33(30)45-36)21-34(41)37-22-24-13-18-31(43-2)32(19-24)44-3/h4-20,23H,21-22H2,1-3H3,(H,37,41)/b26-20-. The smallest absolute Gasteiger partial charge is 0.224 e. The maximum atomic E-state index is 13.5. The van der Waals surface area contributed by atoms with E-state index in [-0.39, 0.29) is 12.3 Å². The van der Waals surface area contributed by atoms with Crippen LogP contribution in [0.2, 0.25) is 0 Å². The van der Waals surface area contributed by atoms with Crippen molar-refractivity contribution in [1.82, 2.24) is 20.1 Å². The Morgan fingerprint density at radius 3 is 2.36 bits per heavy atom. The maximum Gasteiger partial charge on any atom is 0.224 e. The molecule has 9 heteroatoms. The highest BCUT2D eigenvalue weighted by Crippen LogP contribution is 2.34. The minimum Gasteiger partial charge on any atom is -0.497 e. The lowest BCUT2D eigenvalue weighted by molar-refractivity contribution is -0.120. The highest BCUT2D eigenvalue weighted by molar-refractivity contribution is 7.19. The number of aromatic nitrogens is 3. The Balaban J connectivity index is 1.37. The van der Waals surface area contributed by atoms with Crippen LogP contribution in [0, 0.1) is 0 Å². The van der Waals surface area contributed by atoms with Gasteiger partial charge in [-0.3, -0.25) is 4.79 Å². The number of nitrogens with one attached hydrogen (secondary N) is 1. The number of amides is 1. The van der Waals surface area contributed by atoms with Crippen LogP contribution in [0.1, 0.15) is 22.6 Å². The topological polar surface area (TPSA) is 87.5 Å². The van der Waals surface area contributed by atoms with E-state index in [4.69, 9.17) is 24.3 Å². The fourth-order valence-electron chi connectivity index (χ4n) is 4.99. The van der Waals surface area contributed by atoms with Gasteiger partial charge in [-0.2, -0.15) is 5.10 Å². The van der Waals surface area contributed by atoms with E-state index >= 15 is 0 Å². The van der Waals surface area contributed by atoms with Gasteiger partial charge < -0.3 is 19.5 Å². The molecule has 0 aliphatic heterocycles. The van der Waals surface area contributed by atoms with E-state index in [9.17, 15) is 4.79 Å². The number of methoxy groups -OCH3 is 3. The van der Waals surface area contributed by atoms with Crippen molar-refractivity contribution in [2.45, 2.75) is 13.0 Å². The molecule has 0 radical (unpaired) electrons. The lowest BCUT2D eigenvalue weighted by Crippen LogP contribution is -2.22. The number of carbonyl (C=O) groups is 1. The van der Waals surface area contributed by atoms with Gasteiger partial charge in [-0.25, -0.2) is 9.67 Å². The van der Waals surface area contributed by atoms with E-state index in [0.29, 0.717) is 18.0 Å². The molecule has 226 valence electrons. The van der Waals surface area contributed by atoms with Crippen LogP contribution >= 0.6 is 11.3 Å². The van der Waals surface area contributed by atoms with Crippen molar-refractivity contribution in [2.24, 2.45) is 0 Å². The SMILES string of the molecule is COc1ccc(-c2nn(-c3ccccc3)cc2/C=C(/CC(=O)NCc2ccc(OC)c(OC)c2)c2nc3ccccc3s2)cc1. The number of thiazole rings is 1. The third-order valence-corrected chi connectivity index (χ3v) is 8.43. The number of ether oxygens (including phenoxy) is 3. The Labute approximate surface area is 265 Å². The third-order valence-electron chi connectivity index (χ3n) is 7.31. The summed E-state index contributed by atoms with van der Waals surface area (Å²) in [4.78, 5) is 18.4. The van der Waals surface area contributed by atoms with Gasteiger partial charge in [0.1, 0.15) is 10.8 Å².